The minimum absolute atomic E-state index is 0.0708. The number of alkyl halides is 3. The second-order valence-corrected chi connectivity index (χ2v) is 13.7. The van der Waals surface area contributed by atoms with Gasteiger partial charge in [0.05, 0.1) is 12.2 Å². The summed E-state index contributed by atoms with van der Waals surface area (Å²) in [5.74, 6) is 0.111. The zero-order chi connectivity index (χ0) is 29.0. The number of rotatable bonds is 12. The fraction of sp³-hybridized carbons (Fsp3) is 0.444. The van der Waals surface area contributed by atoms with Crippen molar-refractivity contribution in [2.75, 3.05) is 26.3 Å². The third-order valence-corrected chi connectivity index (χ3v) is 10.7. The molecule has 0 aliphatic heterocycles. The highest BCUT2D eigenvalue weighted by Gasteiger charge is 2.33. The summed E-state index contributed by atoms with van der Waals surface area (Å²) in [6.45, 7) is 9.55. The van der Waals surface area contributed by atoms with Gasteiger partial charge in [0.2, 0.25) is 0 Å². The van der Waals surface area contributed by atoms with Gasteiger partial charge >= 0.3 is 12.1 Å². The van der Waals surface area contributed by atoms with E-state index in [9.17, 15) is 26.4 Å². The monoisotopic (exact) mass is 603 g/mol. The van der Waals surface area contributed by atoms with Crippen LogP contribution in [0.2, 0.25) is 0 Å². The van der Waals surface area contributed by atoms with E-state index >= 15 is 0 Å². The molecule has 0 amide bonds. The van der Waals surface area contributed by atoms with E-state index in [4.69, 9.17) is 9.47 Å². The standard InChI is InChI=1S/C27H32F3NO5S3/c1-6-12-31(15-18(4)37-21-9-10-23(17(3)13-21)36-16-25(32)35-7-2)39(33,34)26-19(5)22-14-20(27(28,29)30)8-11-24(22)38-26/h8-11,13-14,18H,6-7,12,15-16H2,1-5H3/t18-/m1/s1. The van der Waals surface area contributed by atoms with Gasteiger partial charge in [0.25, 0.3) is 10.0 Å². The average molecular weight is 604 g/mol. The SMILES string of the molecule is CCCN(C[C@@H](C)Sc1ccc(OCC(=O)OCC)c(C)c1)S(=O)(=O)c1sc2ccc(C(F)(F)F)cc2c1C. The number of benzene rings is 2. The molecule has 0 bridgehead atoms. The molecule has 0 spiro atoms. The van der Waals surface area contributed by atoms with Gasteiger partial charge < -0.3 is 9.47 Å². The van der Waals surface area contributed by atoms with Crippen LogP contribution in [0.15, 0.2) is 45.5 Å². The predicted molar refractivity (Wildman–Crippen MR) is 149 cm³/mol. The molecule has 0 radical (unpaired) electrons. The van der Waals surface area contributed by atoms with E-state index in [1.807, 2.05) is 32.9 Å². The molecule has 1 atom stereocenters. The van der Waals surface area contributed by atoms with Gasteiger partial charge in [-0.25, -0.2) is 13.2 Å². The van der Waals surface area contributed by atoms with Gasteiger partial charge in [-0.1, -0.05) is 13.8 Å². The van der Waals surface area contributed by atoms with E-state index in [-0.39, 0.29) is 35.8 Å². The number of hydrogen-bond donors (Lipinski definition) is 0. The number of sulfonamides is 1. The molecule has 0 aliphatic rings. The summed E-state index contributed by atoms with van der Waals surface area (Å²) in [5.41, 5.74) is 0.355. The zero-order valence-electron chi connectivity index (χ0n) is 22.4. The van der Waals surface area contributed by atoms with E-state index in [0.717, 1.165) is 33.9 Å². The van der Waals surface area contributed by atoms with Gasteiger partial charge in [0.1, 0.15) is 9.96 Å². The predicted octanol–water partition coefficient (Wildman–Crippen LogP) is 7.06. The van der Waals surface area contributed by atoms with Gasteiger partial charge in [-0.3, -0.25) is 0 Å². The quantitative estimate of drug-likeness (QED) is 0.163. The van der Waals surface area contributed by atoms with E-state index in [1.165, 1.54) is 22.1 Å². The lowest BCUT2D eigenvalue weighted by Crippen LogP contribution is -2.36. The number of halogens is 3. The lowest BCUT2D eigenvalue weighted by Gasteiger charge is -2.24. The van der Waals surface area contributed by atoms with Crippen molar-refractivity contribution in [2.45, 2.75) is 61.6 Å². The van der Waals surface area contributed by atoms with Crippen molar-refractivity contribution >= 4 is 49.2 Å². The van der Waals surface area contributed by atoms with Crippen molar-refractivity contribution in [1.82, 2.24) is 4.31 Å². The summed E-state index contributed by atoms with van der Waals surface area (Å²) in [4.78, 5) is 12.5. The van der Waals surface area contributed by atoms with E-state index in [0.29, 0.717) is 27.8 Å². The maximum atomic E-state index is 13.7. The van der Waals surface area contributed by atoms with Crippen molar-refractivity contribution < 1.29 is 35.9 Å². The van der Waals surface area contributed by atoms with Crippen LogP contribution >= 0.6 is 23.1 Å². The summed E-state index contributed by atoms with van der Waals surface area (Å²) in [6.07, 6.45) is -3.92. The molecular formula is C27H32F3NO5S3. The van der Waals surface area contributed by atoms with Crippen LogP contribution in [0.1, 0.15) is 43.9 Å². The summed E-state index contributed by atoms with van der Waals surface area (Å²) in [5, 5.41) is 0.177. The van der Waals surface area contributed by atoms with Crippen LogP contribution in [0.3, 0.4) is 0 Å². The van der Waals surface area contributed by atoms with Crippen LogP contribution < -0.4 is 4.74 Å². The summed E-state index contributed by atoms with van der Waals surface area (Å²) >= 11 is 2.50. The molecule has 39 heavy (non-hydrogen) atoms. The first-order chi connectivity index (χ1) is 18.3. The van der Waals surface area contributed by atoms with Gasteiger partial charge in [-0.15, -0.1) is 23.1 Å². The Kier molecular flexibility index (Phi) is 10.4. The third-order valence-electron chi connectivity index (χ3n) is 5.86. The minimum atomic E-state index is -4.51. The molecule has 1 aromatic heterocycles. The first-order valence-corrected chi connectivity index (χ1v) is 15.6. The van der Waals surface area contributed by atoms with Crippen LogP contribution in [-0.2, 0) is 25.7 Å². The Balaban J connectivity index is 1.77. The lowest BCUT2D eigenvalue weighted by molar-refractivity contribution is -0.145. The molecule has 3 aromatic rings. The number of nitrogens with zero attached hydrogens (tertiary/aromatic N) is 1. The van der Waals surface area contributed by atoms with Crippen LogP contribution in [0, 0.1) is 13.8 Å². The zero-order valence-corrected chi connectivity index (χ0v) is 24.9. The number of carbonyl (C=O) groups is 1. The molecule has 1 heterocycles. The lowest BCUT2D eigenvalue weighted by atomic mass is 10.1. The molecular weight excluding hydrogens is 571 g/mol. The number of hydrogen-bond acceptors (Lipinski definition) is 7. The maximum Gasteiger partial charge on any atom is 0.416 e. The number of carbonyl (C=O) groups excluding carboxylic acids is 1. The van der Waals surface area contributed by atoms with E-state index in [1.54, 1.807) is 19.9 Å². The van der Waals surface area contributed by atoms with Gasteiger partial charge in [0.15, 0.2) is 6.61 Å². The fourth-order valence-electron chi connectivity index (χ4n) is 4.05. The highest BCUT2D eigenvalue weighted by Crippen LogP contribution is 2.40. The number of thiophene rings is 1. The Bertz CT molecular complexity index is 1420. The molecule has 0 saturated carbocycles. The van der Waals surface area contributed by atoms with Gasteiger partial charge in [-0.2, -0.15) is 17.5 Å². The van der Waals surface area contributed by atoms with Crippen LogP contribution in [0.5, 0.6) is 5.75 Å². The molecule has 214 valence electrons. The number of ether oxygens (including phenoxy) is 2. The highest BCUT2D eigenvalue weighted by atomic mass is 32.2. The summed E-state index contributed by atoms with van der Waals surface area (Å²) in [7, 11) is -3.93. The summed E-state index contributed by atoms with van der Waals surface area (Å²) < 4.78 is 79.5. The van der Waals surface area contributed by atoms with Gasteiger partial charge in [-0.05, 0) is 80.1 Å². The number of aryl methyl sites for hydroxylation is 2. The van der Waals surface area contributed by atoms with Crippen molar-refractivity contribution in [1.29, 1.82) is 0 Å². The van der Waals surface area contributed by atoms with Crippen LogP contribution in [0.25, 0.3) is 10.1 Å². The second kappa shape index (κ2) is 12.9. The maximum absolute atomic E-state index is 13.7. The first-order valence-electron chi connectivity index (χ1n) is 12.4. The smallest absolute Gasteiger partial charge is 0.416 e. The molecule has 3 rings (SSSR count). The topological polar surface area (TPSA) is 72.9 Å². The largest absolute Gasteiger partial charge is 0.482 e. The molecule has 2 aromatic carbocycles. The Labute approximate surface area is 235 Å². The van der Waals surface area contributed by atoms with Crippen molar-refractivity contribution in [3.05, 3.63) is 53.1 Å². The molecule has 0 aliphatic carbocycles. The van der Waals surface area contributed by atoms with Gasteiger partial charge in [0, 0.05) is 27.9 Å². The molecule has 0 saturated heterocycles. The van der Waals surface area contributed by atoms with Crippen molar-refractivity contribution in [3.63, 3.8) is 0 Å². The van der Waals surface area contributed by atoms with E-state index in [2.05, 4.69) is 0 Å². The molecule has 0 unspecified atom stereocenters. The summed E-state index contributed by atoms with van der Waals surface area (Å²) in [6, 6.07) is 8.86. The average Bonchev–Trinajstić information content (AvgIpc) is 3.19. The van der Waals surface area contributed by atoms with Crippen LogP contribution in [-0.4, -0.2) is 50.2 Å². The Morgan fingerprint density at radius 1 is 1.13 bits per heavy atom. The Morgan fingerprint density at radius 2 is 1.85 bits per heavy atom. The first kappa shape index (κ1) is 31.3. The normalized spacial score (nSPS) is 13.2. The number of fused-ring (bicyclic) bond motifs is 1. The van der Waals surface area contributed by atoms with E-state index < -0.39 is 27.7 Å². The molecule has 12 heteroatoms. The number of thioether (sulfide) groups is 1. The van der Waals surface area contributed by atoms with Crippen molar-refractivity contribution in [3.8, 4) is 5.75 Å². The highest BCUT2D eigenvalue weighted by molar-refractivity contribution is 8.00. The third kappa shape index (κ3) is 7.68. The Hall–Kier alpha value is -2.28. The fourth-order valence-corrected chi connectivity index (χ4v) is 8.76. The molecule has 0 fully saturated rings. The Morgan fingerprint density at radius 3 is 2.46 bits per heavy atom. The molecule has 6 nitrogen and oxygen atoms in total. The molecule has 0 N–H and O–H groups in total. The number of esters is 1. The second-order valence-electron chi connectivity index (χ2n) is 9.04. The van der Waals surface area contributed by atoms with Crippen molar-refractivity contribution in [2.24, 2.45) is 0 Å². The minimum Gasteiger partial charge on any atom is -0.482 e. The van der Waals surface area contributed by atoms with Crippen LogP contribution in [0.4, 0.5) is 13.2 Å².